The number of carbonyl (C=O) groups excluding carboxylic acids is 1. The maximum Gasteiger partial charge on any atom is 0.328 e. The normalized spacial score (nSPS) is 16.9. The highest BCUT2D eigenvalue weighted by molar-refractivity contribution is 7.80. The predicted molar refractivity (Wildman–Crippen MR) is 124 cm³/mol. The highest BCUT2D eigenvalue weighted by atomic mass is 32.1. The molecule has 2 fully saturated rings. The molecule has 1 saturated carbocycles. The lowest BCUT2D eigenvalue weighted by atomic mass is 10.1. The van der Waals surface area contributed by atoms with Crippen LogP contribution in [0.3, 0.4) is 0 Å². The van der Waals surface area contributed by atoms with Crippen molar-refractivity contribution in [2.45, 2.75) is 45.1 Å². The van der Waals surface area contributed by atoms with Gasteiger partial charge in [-0.25, -0.2) is 9.18 Å². The fourth-order valence-corrected chi connectivity index (χ4v) is 3.79. The van der Waals surface area contributed by atoms with Crippen LogP contribution in [0.25, 0.3) is 0 Å². The number of aromatic nitrogens is 2. The van der Waals surface area contributed by atoms with Gasteiger partial charge in [-0.1, -0.05) is 18.3 Å². The van der Waals surface area contributed by atoms with Crippen molar-refractivity contribution in [2.75, 3.05) is 24.6 Å². The minimum Gasteiger partial charge on any atom is -0.490 e. The Morgan fingerprint density at radius 3 is 2.94 bits per heavy atom. The van der Waals surface area contributed by atoms with E-state index in [1.807, 2.05) is 6.07 Å². The molecule has 2 aliphatic rings. The van der Waals surface area contributed by atoms with Crippen LogP contribution >= 0.6 is 12.2 Å². The Bertz CT molecular complexity index is 985. The molecular weight excluding hydrogens is 429 g/mol. The molecule has 1 aromatic heterocycles. The number of urea groups is 1. The van der Waals surface area contributed by atoms with E-state index in [2.05, 4.69) is 27.8 Å². The predicted octanol–water partition coefficient (Wildman–Crippen LogP) is 3.94. The molecule has 4 rings (SSSR count). The maximum atomic E-state index is 14.0. The van der Waals surface area contributed by atoms with Gasteiger partial charge in [0.1, 0.15) is 4.99 Å². The van der Waals surface area contributed by atoms with Crippen LogP contribution in [0.15, 0.2) is 30.5 Å². The number of nitrogens with one attached hydrogen (secondary N) is 2. The Morgan fingerprint density at radius 1 is 1.34 bits per heavy atom. The summed E-state index contributed by atoms with van der Waals surface area (Å²) >= 11 is 5.05. The first-order valence-corrected chi connectivity index (χ1v) is 11.5. The molecule has 0 unspecified atom stereocenters. The highest BCUT2D eigenvalue weighted by Gasteiger charge is 2.26. The van der Waals surface area contributed by atoms with E-state index in [-0.39, 0.29) is 17.9 Å². The zero-order valence-corrected chi connectivity index (χ0v) is 19.0. The quantitative estimate of drug-likeness (QED) is 0.393. The van der Waals surface area contributed by atoms with Gasteiger partial charge in [0.05, 0.1) is 19.3 Å². The zero-order valence-electron chi connectivity index (χ0n) is 18.1. The summed E-state index contributed by atoms with van der Waals surface area (Å²) in [6.07, 6.45) is 6.87. The first-order chi connectivity index (χ1) is 15.5. The minimum absolute atomic E-state index is 0.102. The highest BCUT2D eigenvalue weighted by Crippen LogP contribution is 2.31. The van der Waals surface area contributed by atoms with Gasteiger partial charge in [0.15, 0.2) is 17.4 Å². The monoisotopic (exact) mass is 457 g/mol. The third-order valence-corrected chi connectivity index (χ3v) is 5.97. The standard InChI is InChI=1S/C23H28FN5O2S/c1-15(18-7-8-19(24)20(11-18)31-14-16-5-6-16)25-9-3-2-4-17-10-21(28-26-12-17)29-13-22(32)27-23(29)30/h7-8,10-12,15-16,25H,2-6,9,13-14H2,1H3,(H,27,30,32)/t15-/m1/s1. The molecule has 170 valence electrons. The lowest BCUT2D eigenvalue weighted by Crippen LogP contribution is -2.28. The second-order valence-corrected chi connectivity index (χ2v) is 8.93. The Morgan fingerprint density at radius 2 is 2.19 bits per heavy atom. The van der Waals surface area contributed by atoms with Gasteiger partial charge in [0.25, 0.3) is 0 Å². The fourth-order valence-electron chi connectivity index (χ4n) is 3.57. The number of hydrogen-bond donors (Lipinski definition) is 2. The van der Waals surface area contributed by atoms with Crippen LogP contribution in [0.1, 0.15) is 49.8 Å². The Labute approximate surface area is 192 Å². The minimum atomic E-state index is -0.305. The van der Waals surface area contributed by atoms with Crippen molar-refractivity contribution < 1.29 is 13.9 Å². The third kappa shape index (κ3) is 5.98. The molecule has 1 aromatic carbocycles. The molecule has 1 atom stereocenters. The van der Waals surface area contributed by atoms with Gasteiger partial charge in [-0.3, -0.25) is 4.90 Å². The van der Waals surface area contributed by atoms with Crippen LogP contribution in [-0.4, -0.2) is 40.9 Å². The van der Waals surface area contributed by atoms with Crippen molar-refractivity contribution in [3.63, 3.8) is 0 Å². The fraction of sp³-hybridized carbons (Fsp3) is 0.478. The third-order valence-electron chi connectivity index (χ3n) is 5.74. The van der Waals surface area contributed by atoms with Crippen molar-refractivity contribution in [2.24, 2.45) is 5.92 Å². The molecule has 1 saturated heterocycles. The Kier molecular flexibility index (Phi) is 7.26. The van der Waals surface area contributed by atoms with Gasteiger partial charge in [-0.2, -0.15) is 5.10 Å². The molecule has 32 heavy (non-hydrogen) atoms. The molecule has 2 amide bonds. The maximum absolute atomic E-state index is 14.0. The first-order valence-electron chi connectivity index (χ1n) is 11.1. The number of carbonyl (C=O) groups is 1. The number of thiocarbonyl (C=S) groups is 1. The van der Waals surface area contributed by atoms with Crippen LogP contribution in [0.2, 0.25) is 0 Å². The number of amides is 2. The molecule has 2 heterocycles. The Hall–Kier alpha value is -2.65. The van der Waals surface area contributed by atoms with Crippen LogP contribution in [0.4, 0.5) is 15.0 Å². The van der Waals surface area contributed by atoms with E-state index in [1.165, 1.54) is 23.8 Å². The smallest absolute Gasteiger partial charge is 0.328 e. The number of benzene rings is 1. The number of hydrogen-bond acceptors (Lipinski definition) is 6. The molecular formula is C23H28FN5O2S. The van der Waals surface area contributed by atoms with Crippen LogP contribution in [0, 0.1) is 11.7 Å². The molecule has 2 aromatic rings. The van der Waals surface area contributed by atoms with Crippen molar-refractivity contribution in [3.05, 3.63) is 47.4 Å². The van der Waals surface area contributed by atoms with E-state index >= 15 is 0 Å². The van der Waals surface area contributed by atoms with Gasteiger partial charge in [0.2, 0.25) is 0 Å². The van der Waals surface area contributed by atoms with Gasteiger partial charge in [-0.05, 0) is 80.8 Å². The van der Waals surface area contributed by atoms with E-state index in [9.17, 15) is 9.18 Å². The zero-order chi connectivity index (χ0) is 22.5. The summed E-state index contributed by atoms with van der Waals surface area (Å²) in [5.74, 6) is 1.14. The first kappa shape index (κ1) is 22.5. The van der Waals surface area contributed by atoms with Gasteiger partial charge < -0.3 is 15.4 Å². The summed E-state index contributed by atoms with van der Waals surface area (Å²) < 4.78 is 19.7. The number of ether oxygens (including phenoxy) is 1. The van der Waals surface area contributed by atoms with Crippen molar-refractivity contribution in [3.8, 4) is 5.75 Å². The van der Waals surface area contributed by atoms with Crippen molar-refractivity contribution in [1.82, 2.24) is 20.8 Å². The summed E-state index contributed by atoms with van der Waals surface area (Å²) in [6, 6.07) is 6.82. The lowest BCUT2D eigenvalue weighted by molar-refractivity contribution is 0.253. The topological polar surface area (TPSA) is 79.4 Å². The van der Waals surface area contributed by atoms with Gasteiger partial charge in [-0.15, -0.1) is 5.10 Å². The molecule has 1 aliphatic carbocycles. The van der Waals surface area contributed by atoms with E-state index in [4.69, 9.17) is 17.0 Å². The lowest BCUT2D eigenvalue weighted by Gasteiger charge is -2.16. The average Bonchev–Trinajstić information content (AvgIpc) is 3.55. The van der Waals surface area contributed by atoms with Crippen LogP contribution < -0.4 is 20.3 Å². The second kappa shape index (κ2) is 10.3. The van der Waals surface area contributed by atoms with Crippen molar-refractivity contribution >= 4 is 29.1 Å². The molecule has 1 aliphatic heterocycles. The largest absolute Gasteiger partial charge is 0.490 e. The van der Waals surface area contributed by atoms with E-state index < -0.39 is 0 Å². The number of anilines is 1. The average molecular weight is 458 g/mol. The van der Waals surface area contributed by atoms with Crippen LogP contribution in [-0.2, 0) is 6.42 Å². The van der Waals surface area contributed by atoms with Crippen molar-refractivity contribution in [1.29, 1.82) is 0 Å². The van der Waals surface area contributed by atoms with Gasteiger partial charge in [0, 0.05) is 6.04 Å². The molecule has 0 radical (unpaired) electrons. The molecule has 9 heteroatoms. The second-order valence-electron chi connectivity index (χ2n) is 8.44. The summed E-state index contributed by atoms with van der Waals surface area (Å²) in [7, 11) is 0. The van der Waals surface area contributed by atoms with E-state index in [0.717, 1.165) is 36.9 Å². The SMILES string of the molecule is C[C@@H](NCCCCc1cnnc(N2CC(=S)NC2=O)c1)c1ccc(F)c(OCC2CC2)c1. The summed E-state index contributed by atoms with van der Waals surface area (Å²) in [5, 5.41) is 14.2. The Balaban J connectivity index is 1.21. The molecule has 2 N–H and O–H groups in total. The number of nitrogens with zero attached hydrogens (tertiary/aromatic N) is 3. The van der Waals surface area contributed by atoms with E-state index in [1.54, 1.807) is 18.3 Å². The number of unbranched alkanes of at least 4 members (excludes halogenated alkanes) is 1. The number of rotatable bonds is 11. The van der Waals surface area contributed by atoms with Crippen LogP contribution in [0.5, 0.6) is 5.75 Å². The molecule has 0 bridgehead atoms. The molecule has 0 spiro atoms. The van der Waals surface area contributed by atoms with Gasteiger partial charge >= 0.3 is 6.03 Å². The number of aryl methyl sites for hydroxylation is 1. The summed E-state index contributed by atoms with van der Waals surface area (Å²) in [4.78, 5) is 13.9. The summed E-state index contributed by atoms with van der Waals surface area (Å²) in [5.41, 5.74) is 2.05. The summed E-state index contributed by atoms with van der Waals surface area (Å²) in [6.45, 7) is 3.85. The number of halogens is 1. The molecule has 7 nitrogen and oxygen atoms in total. The van der Waals surface area contributed by atoms with E-state index in [0.29, 0.717) is 35.6 Å².